The number of hydrogen-bond donors (Lipinski definition) is 2. The molecule has 1 aliphatic carbocycles. The fourth-order valence-electron chi connectivity index (χ4n) is 2.44. The van der Waals surface area contributed by atoms with Crippen LogP contribution in [0.3, 0.4) is 0 Å². The third kappa shape index (κ3) is 5.61. The molecular weight excluding hydrogens is 252 g/mol. The van der Waals surface area contributed by atoms with Gasteiger partial charge >= 0.3 is 0 Å². The zero-order valence-corrected chi connectivity index (χ0v) is 11.9. The molecule has 4 nitrogen and oxygen atoms in total. The van der Waals surface area contributed by atoms with Gasteiger partial charge in [-0.2, -0.15) is 0 Å². The molecule has 0 heterocycles. The van der Waals surface area contributed by atoms with Crippen molar-refractivity contribution in [2.75, 3.05) is 25.0 Å². The minimum Gasteiger partial charge on any atom is -0.383 e. The Morgan fingerprint density at radius 1 is 1.10 bits per heavy atom. The first-order valence-electron chi connectivity index (χ1n) is 7.52. The van der Waals surface area contributed by atoms with Gasteiger partial charge in [0.2, 0.25) is 5.91 Å². The molecular formula is C16H24N2O2. The summed E-state index contributed by atoms with van der Waals surface area (Å²) in [5.41, 5.74) is 1.07. The highest BCUT2D eigenvalue weighted by Crippen LogP contribution is 2.19. The van der Waals surface area contributed by atoms with Crippen LogP contribution in [0.15, 0.2) is 30.3 Å². The largest absolute Gasteiger partial charge is 0.383 e. The zero-order valence-electron chi connectivity index (χ0n) is 11.9. The van der Waals surface area contributed by atoms with Crippen LogP contribution < -0.4 is 10.6 Å². The Bertz CT molecular complexity index is 389. The first-order chi connectivity index (χ1) is 9.84. The molecule has 1 fully saturated rings. The van der Waals surface area contributed by atoms with Gasteiger partial charge in [-0.25, -0.2) is 0 Å². The van der Waals surface area contributed by atoms with E-state index in [0.717, 1.165) is 25.1 Å². The van der Waals surface area contributed by atoms with Gasteiger partial charge in [0, 0.05) is 18.8 Å². The molecule has 0 radical (unpaired) electrons. The van der Waals surface area contributed by atoms with Gasteiger partial charge in [-0.15, -0.1) is 0 Å². The van der Waals surface area contributed by atoms with E-state index in [0.29, 0.717) is 6.54 Å². The molecule has 1 saturated carbocycles. The average Bonchev–Trinajstić information content (AvgIpc) is 2.52. The number of para-hydroxylation sites is 1. The summed E-state index contributed by atoms with van der Waals surface area (Å²) in [5.74, 6) is -0.0227. The monoisotopic (exact) mass is 276 g/mol. The number of carbonyl (C=O) groups excluding carboxylic acids is 1. The quantitative estimate of drug-likeness (QED) is 0.753. The van der Waals surface area contributed by atoms with Gasteiger partial charge in [0.15, 0.2) is 0 Å². The van der Waals surface area contributed by atoms with E-state index in [4.69, 9.17) is 4.74 Å². The maximum Gasteiger partial charge on any atom is 0.246 e. The van der Waals surface area contributed by atoms with E-state index < -0.39 is 0 Å². The van der Waals surface area contributed by atoms with Crippen molar-refractivity contribution in [3.63, 3.8) is 0 Å². The second-order valence-electron chi connectivity index (χ2n) is 5.21. The molecule has 2 N–H and O–H groups in total. The first kappa shape index (κ1) is 14.9. The van der Waals surface area contributed by atoms with E-state index in [1.54, 1.807) is 0 Å². The van der Waals surface area contributed by atoms with Crippen LogP contribution in [0.2, 0.25) is 0 Å². The van der Waals surface area contributed by atoms with Gasteiger partial charge < -0.3 is 15.4 Å². The molecule has 1 aromatic rings. The Balaban J connectivity index is 1.51. The standard InChI is InChI=1S/C16H24N2O2/c19-16(13-20-15-9-5-2-6-10-15)18-12-11-17-14-7-3-1-4-8-14/h1,3-4,7-8,15,17H,2,5-6,9-13H2,(H,18,19). The average molecular weight is 276 g/mol. The highest BCUT2D eigenvalue weighted by atomic mass is 16.5. The van der Waals surface area contributed by atoms with Gasteiger partial charge in [-0.05, 0) is 25.0 Å². The Hall–Kier alpha value is -1.55. The number of benzene rings is 1. The summed E-state index contributed by atoms with van der Waals surface area (Å²) < 4.78 is 5.63. The normalized spacial score (nSPS) is 15.8. The van der Waals surface area contributed by atoms with E-state index in [-0.39, 0.29) is 18.6 Å². The van der Waals surface area contributed by atoms with E-state index >= 15 is 0 Å². The van der Waals surface area contributed by atoms with Crippen molar-refractivity contribution in [2.24, 2.45) is 0 Å². The fraction of sp³-hybridized carbons (Fsp3) is 0.562. The van der Waals surface area contributed by atoms with Gasteiger partial charge in [0.05, 0.1) is 6.10 Å². The highest BCUT2D eigenvalue weighted by Gasteiger charge is 2.14. The first-order valence-corrected chi connectivity index (χ1v) is 7.52. The van der Waals surface area contributed by atoms with Crippen LogP contribution in [0.1, 0.15) is 32.1 Å². The van der Waals surface area contributed by atoms with E-state index in [1.165, 1.54) is 19.3 Å². The number of anilines is 1. The van der Waals surface area contributed by atoms with Crippen LogP contribution in [-0.2, 0) is 9.53 Å². The lowest BCUT2D eigenvalue weighted by molar-refractivity contribution is -0.128. The predicted octanol–water partition coefficient (Wildman–Crippen LogP) is 2.56. The topological polar surface area (TPSA) is 50.4 Å². The Morgan fingerprint density at radius 3 is 2.60 bits per heavy atom. The third-order valence-corrected chi connectivity index (χ3v) is 3.55. The molecule has 0 spiro atoms. The molecule has 1 amide bonds. The summed E-state index contributed by atoms with van der Waals surface area (Å²) in [6, 6.07) is 9.97. The van der Waals surface area contributed by atoms with Crippen molar-refractivity contribution < 1.29 is 9.53 Å². The van der Waals surface area contributed by atoms with Crippen molar-refractivity contribution in [3.8, 4) is 0 Å². The second-order valence-corrected chi connectivity index (χ2v) is 5.21. The minimum atomic E-state index is -0.0227. The number of ether oxygens (including phenoxy) is 1. The van der Waals surface area contributed by atoms with E-state index in [9.17, 15) is 4.79 Å². The van der Waals surface area contributed by atoms with Crippen molar-refractivity contribution in [1.82, 2.24) is 5.32 Å². The maximum absolute atomic E-state index is 11.6. The molecule has 20 heavy (non-hydrogen) atoms. The summed E-state index contributed by atoms with van der Waals surface area (Å²) >= 11 is 0. The van der Waals surface area contributed by atoms with Crippen molar-refractivity contribution in [3.05, 3.63) is 30.3 Å². The van der Waals surface area contributed by atoms with Crippen molar-refractivity contribution in [2.45, 2.75) is 38.2 Å². The Kier molecular flexibility index (Phi) is 6.38. The van der Waals surface area contributed by atoms with Crippen LogP contribution in [0, 0.1) is 0 Å². The molecule has 1 aliphatic rings. The van der Waals surface area contributed by atoms with Gasteiger partial charge in [0.25, 0.3) is 0 Å². The van der Waals surface area contributed by atoms with Crippen molar-refractivity contribution in [1.29, 1.82) is 0 Å². The number of carbonyl (C=O) groups is 1. The summed E-state index contributed by atoms with van der Waals surface area (Å²) in [4.78, 5) is 11.6. The lowest BCUT2D eigenvalue weighted by Crippen LogP contribution is -2.33. The van der Waals surface area contributed by atoms with Gasteiger partial charge in [0.1, 0.15) is 6.61 Å². The van der Waals surface area contributed by atoms with Gasteiger partial charge in [-0.3, -0.25) is 4.79 Å². The van der Waals surface area contributed by atoms with E-state index in [2.05, 4.69) is 10.6 Å². The molecule has 4 heteroatoms. The summed E-state index contributed by atoms with van der Waals surface area (Å²) in [6.45, 7) is 1.52. The summed E-state index contributed by atoms with van der Waals surface area (Å²) in [5, 5.41) is 6.12. The van der Waals surface area contributed by atoms with Crippen LogP contribution in [0.25, 0.3) is 0 Å². The molecule has 110 valence electrons. The van der Waals surface area contributed by atoms with E-state index in [1.807, 2.05) is 30.3 Å². The Morgan fingerprint density at radius 2 is 1.85 bits per heavy atom. The molecule has 1 aromatic carbocycles. The third-order valence-electron chi connectivity index (χ3n) is 3.55. The molecule has 0 saturated heterocycles. The predicted molar refractivity (Wildman–Crippen MR) is 80.8 cm³/mol. The van der Waals surface area contributed by atoms with Crippen LogP contribution in [-0.4, -0.2) is 31.7 Å². The van der Waals surface area contributed by atoms with Crippen LogP contribution in [0.4, 0.5) is 5.69 Å². The van der Waals surface area contributed by atoms with Crippen molar-refractivity contribution >= 4 is 11.6 Å². The number of nitrogens with one attached hydrogen (secondary N) is 2. The summed E-state index contributed by atoms with van der Waals surface area (Å²) in [6.07, 6.45) is 6.25. The summed E-state index contributed by atoms with van der Waals surface area (Å²) in [7, 11) is 0. The second kappa shape index (κ2) is 8.59. The smallest absolute Gasteiger partial charge is 0.246 e. The fourth-order valence-corrected chi connectivity index (χ4v) is 2.44. The molecule has 0 bridgehead atoms. The molecule has 0 atom stereocenters. The molecule has 2 rings (SSSR count). The van der Waals surface area contributed by atoms with Crippen LogP contribution >= 0.6 is 0 Å². The maximum atomic E-state index is 11.6. The van der Waals surface area contributed by atoms with Gasteiger partial charge in [-0.1, -0.05) is 37.5 Å². The molecule has 0 aliphatic heterocycles. The van der Waals surface area contributed by atoms with Crippen LogP contribution in [0.5, 0.6) is 0 Å². The molecule has 0 aromatic heterocycles. The lowest BCUT2D eigenvalue weighted by atomic mass is 9.98. The zero-order chi connectivity index (χ0) is 14.0. The number of hydrogen-bond acceptors (Lipinski definition) is 3. The molecule has 0 unspecified atom stereocenters. The SMILES string of the molecule is O=C(COC1CCCCC1)NCCNc1ccccc1. The number of rotatable bonds is 7. The highest BCUT2D eigenvalue weighted by molar-refractivity contribution is 5.77. The minimum absolute atomic E-state index is 0.0227. The lowest BCUT2D eigenvalue weighted by Gasteiger charge is -2.21. The number of amides is 1. The Labute approximate surface area is 120 Å².